The number of aliphatic hydroxyl groups excluding tert-OH is 2. The highest BCUT2D eigenvalue weighted by Crippen LogP contribution is 2.80. The molecule has 7 bridgehead atoms. The maximum atomic E-state index is 13.9. The Morgan fingerprint density at radius 1 is 0.979 bits per heavy atom. The van der Waals surface area contributed by atoms with Crippen molar-refractivity contribution in [2.24, 2.45) is 34.5 Å². The number of hydrogen-bond donors (Lipinski definition) is 3. The Hall–Kier alpha value is -2.36. The highest BCUT2D eigenvalue weighted by molar-refractivity contribution is 5.89. The van der Waals surface area contributed by atoms with Crippen LogP contribution in [0.4, 0.5) is 0 Å². The van der Waals surface area contributed by atoms with Gasteiger partial charge in [0.15, 0.2) is 5.60 Å². The van der Waals surface area contributed by atoms with Crippen LogP contribution in [0.3, 0.4) is 0 Å². The molecule has 266 valence electrons. The molecule has 6 aliphatic rings. The van der Waals surface area contributed by atoms with E-state index in [9.17, 15) is 24.9 Å². The fourth-order valence-electron chi connectivity index (χ4n) is 12.5. The molecule has 1 saturated heterocycles. The van der Waals surface area contributed by atoms with Gasteiger partial charge in [0.25, 0.3) is 0 Å². The number of ether oxygens (including phenoxy) is 7. The van der Waals surface area contributed by atoms with E-state index in [0.29, 0.717) is 25.3 Å². The summed E-state index contributed by atoms with van der Waals surface area (Å²) in [5.41, 5.74) is -4.94. The number of hydrogen-bond acceptors (Lipinski definition) is 13. The van der Waals surface area contributed by atoms with Crippen molar-refractivity contribution in [3.63, 3.8) is 0 Å². The Balaban J connectivity index is 1.50. The number of methoxy groups -OCH3 is 5. The van der Waals surface area contributed by atoms with Gasteiger partial charge in [-0.1, -0.05) is 6.92 Å². The van der Waals surface area contributed by atoms with Gasteiger partial charge < -0.3 is 48.5 Å². The van der Waals surface area contributed by atoms with Gasteiger partial charge in [0.1, 0.15) is 29.7 Å². The summed E-state index contributed by atoms with van der Waals surface area (Å²) in [5.74, 6) is -3.23. The zero-order valence-corrected chi connectivity index (χ0v) is 28.7. The minimum absolute atomic E-state index is 0.0591. The van der Waals surface area contributed by atoms with Crippen LogP contribution in [0.1, 0.15) is 37.0 Å². The molecule has 15 atom stereocenters. The quantitative estimate of drug-likeness (QED) is 0.297. The number of fused-ring (bicyclic) bond motifs is 2. The second kappa shape index (κ2) is 11.6. The molecule has 0 amide bonds. The van der Waals surface area contributed by atoms with Crippen LogP contribution in [-0.2, 0) is 33.2 Å². The minimum Gasteiger partial charge on any atom is -0.497 e. The molecule has 1 heterocycles. The fraction of sp³-hybridized carbons (Fsp3) is 0.771. The van der Waals surface area contributed by atoms with Gasteiger partial charge in [-0.2, -0.15) is 0 Å². The maximum absolute atomic E-state index is 13.9. The van der Waals surface area contributed by atoms with Crippen molar-refractivity contribution in [2.45, 2.75) is 80.6 Å². The topological polar surface area (TPSA) is 163 Å². The normalized spacial score (nSPS) is 48.2. The molecule has 48 heavy (non-hydrogen) atoms. The van der Waals surface area contributed by atoms with E-state index >= 15 is 0 Å². The molecule has 1 spiro atoms. The SMILES string of the molecule is CCN1CC2(COC)C(O)CC(OC)C34C5CC6(O)C(OC(=O)c7ccc(OC)cc7)C5C(OC(C)=O)(C(C(OC)C23)[C@@H]14)[C@@H](O)[C@H]6OC. The number of likely N-dealkylation sites (tertiary alicyclic amines) is 1. The predicted octanol–water partition coefficient (Wildman–Crippen LogP) is 0.657. The van der Waals surface area contributed by atoms with Gasteiger partial charge in [-0.25, -0.2) is 4.79 Å². The first-order chi connectivity index (χ1) is 22.9. The average Bonchev–Trinajstić information content (AvgIpc) is 3.44. The second-order valence-electron chi connectivity index (χ2n) is 14.8. The van der Waals surface area contributed by atoms with E-state index in [-0.39, 0.29) is 24.6 Å². The van der Waals surface area contributed by atoms with Crippen molar-refractivity contribution < 1.29 is 58.1 Å². The summed E-state index contributed by atoms with van der Waals surface area (Å²) < 4.78 is 42.7. The van der Waals surface area contributed by atoms with E-state index in [1.807, 2.05) is 6.92 Å². The van der Waals surface area contributed by atoms with E-state index in [0.717, 1.165) is 0 Å². The number of carbonyl (C=O) groups excluding carboxylic acids is 2. The standard InChI is InChI=1S/C35H49NO12/c1-8-36-15-32(16-42-3)21(38)13-22(44-5)34-20-14-33(41)29(47-31(40)18-9-11-19(43-4)12-10-18)23(20)35(48-17(2)37,28(39)30(33)46-7)24(27(34)36)25(45-6)26(32)34/h9-12,20-30,38-39,41H,8,13-16H2,1-7H3/t20?,21?,22?,23?,24?,25?,26?,27-,28+,29?,30-,32?,33?,34?,35?/m1/s1. The first-order valence-electron chi connectivity index (χ1n) is 16.9. The van der Waals surface area contributed by atoms with Crippen LogP contribution in [0, 0.1) is 34.5 Å². The monoisotopic (exact) mass is 675 g/mol. The molecular weight excluding hydrogens is 626 g/mol. The zero-order chi connectivity index (χ0) is 34.6. The smallest absolute Gasteiger partial charge is 0.338 e. The third kappa shape index (κ3) is 3.90. The van der Waals surface area contributed by atoms with Gasteiger partial charge in [-0.15, -0.1) is 0 Å². The van der Waals surface area contributed by atoms with E-state index in [1.54, 1.807) is 45.6 Å². The van der Waals surface area contributed by atoms with E-state index in [2.05, 4.69) is 4.90 Å². The third-order valence-electron chi connectivity index (χ3n) is 13.5. The fourth-order valence-corrected chi connectivity index (χ4v) is 12.5. The summed E-state index contributed by atoms with van der Waals surface area (Å²) in [6.07, 6.45) is -5.64. The molecule has 0 aromatic heterocycles. The van der Waals surface area contributed by atoms with E-state index in [4.69, 9.17) is 33.2 Å². The Kier molecular flexibility index (Phi) is 8.24. The summed E-state index contributed by atoms with van der Waals surface area (Å²) in [7, 11) is 7.77. The molecule has 6 fully saturated rings. The highest BCUT2D eigenvalue weighted by atomic mass is 16.6. The van der Waals surface area contributed by atoms with Crippen molar-refractivity contribution >= 4 is 11.9 Å². The Labute approximate surface area is 280 Å². The largest absolute Gasteiger partial charge is 0.497 e. The number of piperidine rings is 1. The molecule has 1 aliphatic heterocycles. The summed E-state index contributed by atoms with van der Waals surface area (Å²) in [6, 6.07) is 6.10. The lowest BCUT2D eigenvalue weighted by Gasteiger charge is -2.70. The average molecular weight is 676 g/mol. The van der Waals surface area contributed by atoms with Crippen molar-refractivity contribution in [3.8, 4) is 5.75 Å². The number of benzene rings is 1. The summed E-state index contributed by atoms with van der Waals surface area (Å²) in [5, 5.41) is 37.4. The first-order valence-corrected chi connectivity index (χ1v) is 16.9. The van der Waals surface area contributed by atoms with Crippen LogP contribution in [0.2, 0.25) is 0 Å². The van der Waals surface area contributed by atoms with Gasteiger partial charge >= 0.3 is 11.9 Å². The maximum Gasteiger partial charge on any atom is 0.338 e. The molecule has 13 heteroatoms. The molecule has 13 nitrogen and oxygen atoms in total. The Morgan fingerprint density at radius 2 is 1.69 bits per heavy atom. The molecule has 1 aromatic carbocycles. The van der Waals surface area contributed by atoms with Crippen LogP contribution in [0.25, 0.3) is 0 Å². The minimum atomic E-state index is -1.86. The Morgan fingerprint density at radius 3 is 2.25 bits per heavy atom. The van der Waals surface area contributed by atoms with Crippen molar-refractivity contribution in [1.82, 2.24) is 4.90 Å². The number of aliphatic hydroxyl groups is 3. The Bertz CT molecular complexity index is 1430. The van der Waals surface area contributed by atoms with Crippen LogP contribution < -0.4 is 4.74 Å². The van der Waals surface area contributed by atoms with E-state index < -0.39 is 94.3 Å². The zero-order valence-electron chi connectivity index (χ0n) is 28.7. The van der Waals surface area contributed by atoms with E-state index in [1.165, 1.54) is 21.1 Å². The third-order valence-corrected chi connectivity index (χ3v) is 13.5. The van der Waals surface area contributed by atoms with Crippen molar-refractivity contribution in [1.29, 1.82) is 0 Å². The van der Waals surface area contributed by atoms with Crippen LogP contribution in [-0.4, -0.2) is 141 Å². The van der Waals surface area contributed by atoms with Crippen LogP contribution >= 0.6 is 0 Å². The van der Waals surface area contributed by atoms with Gasteiger partial charge in [-0.3, -0.25) is 9.69 Å². The lowest BCUT2D eigenvalue weighted by Crippen LogP contribution is -2.81. The predicted molar refractivity (Wildman–Crippen MR) is 167 cm³/mol. The summed E-state index contributed by atoms with van der Waals surface area (Å²) in [4.78, 5) is 29.5. The number of nitrogens with zero attached hydrogens (tertiary/aromatic N) is 1. The van der Waals surface area contributed by atoms with Gasteiger partial charge in [0.2, 0.25) is 0 Å². The summed E-state index contributed by atoms with van der Waals surface area (Å²) in [6.45, 7) is 4.64. The molecule has 1 aromatic rings. The number of carbonyl (C=O) groups is 2. The molecule has 3 N–H and O–H groups in total. The molecule has 12 unspecified atom stereocenters. The van der Waals surface area contributed by atoms with Gasteiger partial charge in [0, 0.05) is 83.0 Å². The molecule has 5 aliphatic carbocycles. The number of rotatable bonds is 10. The van der Waals surface area contributed by atoms with Crippen LogP contribution in [0.15, 0.2) is 24.3 Å². The lowest BCUT2D eigenvalue weighted by atomic mass is 9.42. The molecular formula is C35H49NO12. The van der Waals surface area contributed by atoms with Gasteiger partial charge in [-0.05, 0) is 43.1 Å². The number of esters is 2. The molecule has 7 rings (SSSR count). The van der Waals surface area contributed by atoms with Crippen molar-refractivity contribution in [2.75, 3.05) is 55.2 Å². The van der Waals surface area contributed by atoms with Crippen molar-refractivity contribution in [3.05, 3.63) is 29.8 Å². The molecule has 5 saturated carbocycles. The second-order valence-corrected chi connectivity index (χ2v) is 14.8. The van der Waals surface area contributed by atoms with Crippen LogP contribution in [0.5, 0.6) is 5.75 Å². The first kappa shape index (κ1) is 34.1. The highest BCUT2D eigenvalue weighted by Gasteiger charge is 2.92. The molecule has 0 radical (unpaired) electrons. The van der Waals surface area contributed by atoms with Gasteiger partial charge in [0.05, 0.1) is 37.6 Å². The summed E-state index contributed by atoms with van der Waals surface area (Å²) >= 11 is 0. The lowest BCUT2D eigenvalue weighted by molar-refractivity contribution is -0.322.